The Hall–Kier alpha value is -2.83. The van der Waals surface area contributed by atoms with E-state index in [0.717, 1.165) is 11.3 Å². The molecule has 0 saturated carbocycles. The van der Waals surface area contributed by atoms with Gasteiger partial charge in [-0.25, -0.2) is 0 Å². The van der Waals surface area contributed by atoms with Gasteiger partial charge in [-0.3, -0.25) is 14.4 Å². The van der Waals surface area contributed by atoms with Crippen molar-refractivity contribution in [3.63, 3.8) is 0 Å². The van der Waals surface area contributed by atoms with Crippen molar-refractivity contribution in [1.82, 2.24) is 15.1 Å². The molecule has 2 heterocycles. The van der Waals surface area contributed by atoms with Crippen molar-refractivity contribution in [2.24, 2.45) is 0 Å². The van der Waals surface area contributed by atoms with Crippen molar-refractivity contribution in [1.29, 1.82) is 0 Å². The van der Waals surface area contributed by atoms with Gasteiger partial charge in [0.05, 0.1) is 7.11 Å². The van der Waals surface area contributed by atoms with Gasteiger partial charge in [0.15, 0.2) is 0 Å². The Morgan fingerprint density at radius 2 is 1.77 bits per heavy atom. The molecule has 7 nitrogen and oxygen atoms in total. The fourth-order valence-electron chi connectivity index (χ4n) is 3.15. The van der Waals surface area contributed by atoms with Crippen LogP contribution in [0.1, 0.15) is 18.4 Å². The second-order valence-corrected chi connectivity index (χ2v) is 6.42. The summed E-state index contributed by atoms with van der Waals surface area (Å²) in [5.41, 5.74) is 0.921. The Kier molecular flexibility index (Phi) is 5.55. The zero-order valence-electron chi connectivity index (χ0n) is 14.8. The first kappa shape index (κ1) is 18.0. The van der Waals surface area contributed by atoms with Crippen molar-refractivity contribution >= 4 is 23.8 Å². The van der Waals surface area contributed by atoms with Crippen molar-refractivity contribution in [2.45, 2.75) is 18.9 Å². The zero-order valence-corrected chi connectivity index (χ0v) is 14.8. The Labute approximate surface area is 152 Å². The first-order chi connectivity index (χ1) is 12.6. The van der Waals surface area contributed by atoms with E-state index in [0.29, 0.717) is 39.0 Å². The predicted molar refractivity (Wildman–Crippen MR) is 96.4 cm³/mol. The number of piperazine rings is 1. The molecule has 1 N–H and O–H groups in total. The lowest BCUT2D eigenvalue weighted by atomic mass is 10.1. The van der Waals surface area contributed by atoms with Crippen molar-refractivity contribution in [3.05, 3.63) is 35.9 Å². The highest BCUT2D eigenvalue weighted by atomic mass is 16.5. The minimum Gasteiger partial charge on any atom is -0.497 e. The number of hydrogen-bond acceptors (Lipinski definition) is 4. The third-order valence-corrected chi connectivity index (χ3v) is 4.73. The van der Waals surface area contributed by atoms with E-state index in [1.165, 1.54) is 0 Å². The van der Waals surface area contributed by atoms with E-state index >= 15 is 0 Å². The first-order valence-corrected chi connectivity index (χ1v) is 8.76. The van der Waals surface area contributed by atoms with Gasteiger partial charge in [0.1, 0.15) is 11.8 Å². The summed E-state index contributed by atoms with van der Waals surface area (Å²) in [5, 5.41) is 2.70. The standard InChI is InChI=1S/C19H23N3O4/c1-26-15-5-2-14(3-6-15)4-9-18(24)21-10-12-22(13-11-21)19(25)16-7-8-17(23)20-16/h2-6,9,16H,7-8,10-13H2,1H3,(H,20,23)/b9-4+. The van der Waals surface area contributed by atoms with Gasteiger partial charge in [0, 0.05) is 38.7 Å². The highest BCUT2D eigenvalue weighted by Gasteiger charge is 2.32. The zero-order chi connectivity index (χ0) is 18.5. The van der Waals surface area contributed by atoms with Crippen LogP contribution in [0.4, 0.5) is 0 Å². The van der Waals surface area contributed by atoms with Gasteiger partial charge in [-0.1, -0.05) is 12.1 Å². The van der Waals surface area contributed by atoms with Gasteiger partial charge in [0.25, 0.3) is 0 Å². The number of nitrogens with zero attached hydrogens (tertiary/aromatic N) is 2. The maximum absolute atomic E-state index is 12.4. The summed E-state index contributed by atoms with van der Waals surface area (Å²) in [4.78, 5) is 39.4. The molecule has 0 aromatic heterocycles. The maximum Gasteiger partial charge on any atom is 0.246 e. The molecule has 26 heavy (non-hydrogen) atoms. The fraction of sp³-hybridized carbons (Fsp3) is 0.421. The average molecular weight is 357 g/mol. The third kappa shape index (κ3) is 4.22. The summed E-state index contributed by atoms with van der Waals surface area (Å²) in [5.74, 6) is 0.590. The molecular weight excluding hydrogens is 334 g/mol. The lowest BCUT2D eigenvalue weighted by Crippen LogP contribution is -2.54. The molecule has 3 rings (SSSR count). The van der Waals surface area contributed by atoms with Crippen LogP contribution < -0.4 is 10.1 Å². The first-order valence-electron chi connectivity index (χ1n) is 8.76. The third-order valence-electron chi connectivity index (χ3n) is 4.73. The molecule has 0 radical (unpaired) electrons. The molecule has 2 aliphatic rings. The topological polar surface area (TPSA) is 79.0 Å². The highest BCUT2D eigenvalue weighted by Crippen LogP contribution is 2.14. The summed E-state index contributed by atoms with van der Waals surface area (Å²) < 4.78 is 5.11. The summed E-state index contributed by atoms with van der Waals surface area (Å²) in [6, 6.07) is 7.05. The van der Waals surface area contributed by atoms with E-state index in [-0.39, 0.29) is 17.7 Å². The molecule has 2 aliphatic heterocycles. The number of carbonyl (C=O) groups excluding carboxylic acids is 3. The molecule has 2 fully saturated rings. The fourth-order valence-corrected chi connectivity index (χ4v) is 3.15. The van der Waals surface area contributed by atoms with E-state index in [9.17, 15) is 14.4 Å². The van der Waals surface area contributed by atoms with Gasteiger partial charge < -0.3 is 19.9 Å². The summed E-state index contributed by atoms with van der Waals surface area (Å²) >= 11 is 0. The van der Waals surface area contributed by atoms with Crippen LogP contribution in [-0.2, 0) is 14.4 Å². The Bertz CT molecular complexity index is 706. The van der Waals surface area contributed by atoms with Crippen LogP contribution in [0.2, 0.25) is 0 Å². The quantitative estimate of drug-likeness (QED) is 0.803. The largest absolute Gasteiger partial charge is 0.497 e. The number of benzene rings is 1. The number of hydrogen-bond donors (Lipinski definition) is 1. The van der Waals surface area contributed by atoms with Crippen LogP contribution in [0.5, 0.6) is 5.75 Å². The Morgan fingerprint density at radius 1 is 1.12 bits per heavy atom. The average Bonchev–Trinajstić information content (AvgIpc) is 3.12. The molecular formula is C19H23N3O4. The van der Waals surface area contributed by atoms with Gasteiger partial charge >= 0.3 is 0 Å². The van der Waals surface area contributed by atoms with E-state index in [4.69, 9.17) is 4.74 Å². The van der Waals surface area contributed by atoms with Crippen LogP contribution in [0.15, 0.2) is 30.3 Å². The molecule has 0 aliphatic carbocycles. The van der Waals surface area contributed by atoms with E-state index < -0.39 is 6.04 Å². The predicted octanol–water partition coefficient (Wildman–Crippen LogP) is 0.658. The van der Waals surface area contributed by atoms with Gasteiger partial charge in [-0.2, -0.15) is 0 Å². The molecule has 138 valence electrons. The maximum atomic E-state index is 12.4. The molecule has 0 spiro atoms. The summed E-state index contributed by atoms with van der Waals surface area (Å²) in [6.45, 7) is 1.98. The smallest absolute Gasteiger partial charge is 0.246 e. The van der Waals surface area contributed by atoms with Crippen LogP contribution in [0.25, 0.3) is 6.08 Å². The Balaban J connectivity index is 1.49. The molecule has 2 saturated heterocycles. The van der Waals surface area contributed by atoms with Gasteiger partial charge in [-0.05, 0) is 30.2 Å². The highest BCUT2D eigenvalue weighted by molar-refractivity contribution is 5.93. The van der Waals surface area contributed by atoms with Crippen LogP contribution in [0, 0.1) is 0 Å². The second kappa shape index (κ2) is 8.03. The molecule has 1 unspecified atom stereocenters. The SMILES string of the molecule is COc1ccc(/C=C/C(=O)N2CCN(C(=O)C3CCC(=O)N3)CC2)cc1. The van der Waals surface area contributed by atoms with Gasteiger partial charge in [0.2, 0.25) is 17.7 Å². The lowest BCUT2D eigenvalue weighted by molar-refractivity contribution is -0.139. The summed E-state index contributed by atoms with van der Waals surface area (Å²) in [7, 11) is 1.61. The number of amides is 3. The minimum absolute atomic E-state index is 0.0447. The van der Waals surface area contributed by atoms with Crippen LogP contribution in [-0.4, -0.2) is 66.9 Å². The van der Waals surface area contributed by atoms with Crippen molar-refractivity contribution < 1.29 is 19.1 Å². The van der Waals surface area contributed by atoms with Gasteiger partial charge in [-0.15, -0.1) is 0 Å². The van der Waals surface area contributed by atoms with E-state index in [1.54, 1.807) is 29.1 Å². The van der Waals surface area contributed by atoms with E-state index in [2.05, 4.69) is 5.32 Å². The molecule has 3 amide bonds. The lowest BCUT2D eigenvalue weighted by Gasteiger charge is -2.35. The molecule has 1 aromatic carbocycles. The van der Waals surface area contributed by atoms with E-state index in [1.807, 2.05) is 24.3 Å². The second-order valence-electron chi connectivity index (χ2n) is 6.42. The number of ether oxygens (including phenoxy) is 1. The normalized spacial score (nSPS) is 20.3. The van der Waals surface area contributed by atoms with Crippen molar-refractivity contribution in [3.8, 4) is 5.75 Å². The summed E-state index contributed by atoms with van der Waals surface area (Å²) in [6.07, 6.45) is 4.29. The number of carbonyl (C=O) groups is 3. The monoisotopic (exact) mass is 357 g/mol. The molecule has 7 heteroatoms. The molecule has 1 atom stereocenters. The van der Waals surface area contributed by atoms with Crippen LogP contribution in [0.3, 0.4) is 0 Å². The number of rotatable bonds is 4. The molecule has 1 aromatic rings. The van der Waals surface area contributed by atoms with Crippen LogP contribution >= 0.6 is 0 Å². The van der Waals surface area contributed by atoms with Crippen molar-refractivity contribution in [2.75, 3.05) is 33.3 Å². The molecule has 0 bridgehead atoms. The number of methoxy groups -OCH3 is 1. The number of nitrogens with one attached hydrogen (secondary N) is 1. The minimum atomic E-state index is -0.403. The Morgan fingerprint density at radius 3 is 2.35 bits per heavy atom.